The molecule has 1 aromatic rings. The molecule has 0 saturated heterocycles. The summed E-state index contributed by atoms with van der Waals surface area (Å²) in [5, 5.41) is 12.4. The molecule has 2 atom stereocenters. The summed E-state index contributed by atoms with van der Waals surface area (Å²) in [7, 11) is 0. The molecule has 4 heteroatoms. The van der Waals surface area contributed by atoms with Crippen molar-refractivity contribution in [3.05, 3.63) is 42.5 Å². The first-order chi connectivity index (χ1) is 9.69. The molecule has 2 unspecified atom stereocenters. The number of rotatable bonds is 6. The normalized spacial score (nSPS) is 21.4. The van der Waals surface area contributed by atoms with E-state index < -0.39 is 0 Å². The highest BCUT2D eigenvalue weighted by Gasteiger charge is 2.23. The standard InChI is InChI=1S/C16H21NO3/c1-2-9-20-15-7-4-13(5-8-15)16(19)17-11-12-3-6-14(18)10-12/h2,4-5,7-8,12,14,18H,1,3,6,9-11H2,(H,17,19). The summed E-state index contributed by atoms with van der Waals surface area (Å²) in [6.07, 6.45) is 4.09. The fourth-order valence-electron chi connectivity index (χ4n) is 2.43. The minimum Gasteiger partial charge on any atom is -0.490 e. The van der Waals surface area contributed by atoms with E-state index in [1.807, 2.05) is 0 Å². The van der Waals surface area contributed by atoms with Crippen LogP contribution >= 0.6 is 0 Å². The van der Waals surface area contributed by atoms with Crippen LogP contribution in [0.5, 0.6) is 5.75 Å². The van der Waals surface area contributed by atoms with Crippen LogP contribution < -0.4 is 10.1 Å². The molecule has 0 radical (unpaired) electrons. The van der Waals surface area contributed by atoms with Crippen molar-refractivity contribution in [3.63, 3.8) is 0 Å². The Hall–Kier alpha value is -1.81. The Morgan fingerprint density at radius 2 is 2.15 bits per heavy atom. The monoisotopic (exact) mass is 275 g/mol. The first-order valence-corrected chi connectivity index (χ1v) is 6.99. The lowest BCUT2D eigenvalue weighted by molar-refractivity contribution is 0.0945. The van der Waals surface area contributed by atoms with Gasteiger partial charge in [0.2, 0.25) is 0 Å². The SMILES string of the molecule is C=CCOc1ccc(C(=O)NCC2CCC(O)C2)cc1. The van der Waals surface area contributed by atoms with Gasteiger partial charge in [0.25, 0.3) is 5.91 Å². The fraction of sp³-hybridized carbons (Fsp3) is 0.438. The fourth-order valence-corrected chi connectivity index (χ4v) is 2.43. The maximum Gasteiger partial charge on any atom is 0.251 e. The molecular weight excluding hydrogens is 254 g/mol. The van der Waals surface area contributed by atoms with Crippen LogP contribution in [0.2, 0.25) is 0 Å². The molecule has 108 valence electrons. The molecule has 0 aliphatic heterocycles. The van der Waals surface area contributed by atoms with E-state index in [2.05, 4.69) is 11.9 Å². The Kier molecular flexibility index (Phi) is 5.18. The van der Waals surface area contributed by atoms with E-state index in [1.54, 1.807) is 30.3 Å². The van der Waals surface area contributed by atoms with Crippen LogP contribution in [0.4, 0.5) is 0 Å². The summed E-state index contributed by atoms with van der Waals surface area (Å²) in [6.45, 7) is 4.67. The van der Waals surface area contributed by atoms with Crippen LogP contribution in [-0.2, 0) is 0 Å². The van der Waals surface area contributed by atoms with E-state index in [1.165, 1.54) is 0 Å². The van der Waals surface area contributed by atoms with E-state index in [0.717, 1.165) is 25.0 Å². The molecule has 0 heterocycles. The molecule has 2 N–H and O–H groups in total. The van der Waals surface area contributed by atoms with Gasteiger partial charge in [0.15, 0.2) is 0 Å². The number of carbonyl (C=O) groups excluding carboxylic acids is 1. The molecule has 1 fully saturated rings. The minimum atomic E-state index is -0.196. The third-order valence-corrected chi connectivity index (χ3v) is 3.55. The number of hydrogen-bond acceptors (Lipinski definition) is 3. The van der Waals surface area contributed by atoms with Crippen LogP contribution in [0.15, 0.2) is 36.9 Å². The number of amides is 1. The summed E-state index contributed by atoms with van der Waals surface area (Å²) in [5.74, 6) is 1.03. The van der Waals surface area contributed by atoms with Gasteiger partial charge >= 0.3 is 0 Å². The molecule has 1 aromatic carbocycles. The zero-order chi connectivity index (χ0) is 14.4. The number of nitrogens with one attached hydrogen (secondary N) is 1. The predicted molar refractivity (Wildman–Crippen MR) is 77.8 cm³/mol. The Labute approximate surface area is 119 Å². The van der Waals surface area contributed by atoms with Crippen LogP contribution in [0.1, 0.15) is 29.6 Å². The summed E-state index contributed by atoms with van der Waals surface area (Å²) >= 11 is 0. The number of hydrogen-bond donors (Lipinski definition) is 2. The molecule has 4 nitrogen and oxygen atoms in total. The number of benzene rings is 1. The van der Waals surface area contributed by atoms with Gasteiger partial charge in [-0.1, -0.05) is 12.7 Å². The van der Waals surface area contributed by atoms with E-state index in [9.17, 15) is 9.90 Å². The van der Waals surface area contributed by atoms with Crippen molar-refractivity contribution in [2.75, 3.05) is 13.2 Å². The molecule has 1 aliphatic carbocycles. The van der Waals surface area contributed by atoms with Crippen molar-refractivity contribution >= 4 is 5.91 Å². The number of aliphatic hydroxyl groups excluding tert-OH is 1. The maximum absolute atomic E-state index is 12.0. The van der Waals surface area contributed by atoms with Crippen molar-refractivity contribution in [2.24, 2.45) is 5.92 Å². The first kappa shape index (κ1) is 14.6. The number of aliphatic hydroxyl groups is 1. The van der Waals surface area contributed by atoms with Crippen molar-refractivity contribution in [2.45, 2.75) is 25.4 Å². The van der Waals surface area contributed by atoms with Gasteiger partial charge in [-0.05, 0) is 49.4 Å². The Morgan fingerprint density at radius 3 is 2.75 bits per heavy atom. The second-order valence-electron chi connectivity index (χ2n) is 5.17. The van der Waals surface area contributed by atoms with E-state index in [4.69, 9.17) is 4.74 Å². The summed E-state index contributed by atoms with van der Waals surface area (Å²) in [6, 6.07) is 7.05. The third-order valence-electron chi connectivity index (χ3n) is 3.55. The van der Waals surface area contributed by atoms with E-state index >= 15 is 0 Å². The lowest BCUT2D eigenvalue weighted by atomic mass is 10.1. The Morgan fingerprint density at radius 1 is 1.40 bits per heavy atom. The van der Waals surface area contributed by atoms with Crippen molar-refractivity contribution in [3.8, 4) is 5.75 Å². The van der Waals surface area contributed by atoms with Gasteiger partial charge in [-0.15, -0.1) is 0 Å². The first-order valence-electron chi connectivity index (χ1n) is 6.99. The highest BCUT2D eigenvalue weighted by atomic mass is 16.5. The molecule has 2 rings (SSSR count). The minimum absolute atomic E-state index is 0.0818. The average Bonchev–Trinajstić information content (AvgIpc) is 2.89. The predicted octanol–water partition coefficient (Wildman–Crippen LogP) is 2.14. The maximum atomic E-state index is 12.0. The topological polar surface area (TPSA) is 58.6 Å². The summed E-state index contributed by atoms with van der Waals surface area (Å²) < 4.78 is 5.37. The molecule has 0 bridgehead atoms. The number of carbonyl (C=O) groups is 1. The lowest BCUT2D eigenvalue weighted by Gasteiger charge is -2.11. The molecular formula is C16H21NO3. The Balaban J connectivity index is 1.81. The van der Waals surface area contributed by atoms with E-state index in [0.29, 0.717) is 24.6 Å². The average molecular weight is 275 g/mol. The second kappa shape index (κ2) is 7.10. The van der Waals surface area contributed by atoms with Gasteiger partial charge in [0.05, 0.1) is 6.10 Å². The van der Waals surface area contributed by atoms with Gasteiger partial charge < -0.3 is 15.2 Å². The lowest BCUT2D eigenvalue weighted by Crippen LogP contribution is -2.28. The third kappa shape index (κ3) is 4.10. The van der Waals surface area contributed by atoms with Gasteiger partial charge in [-0.2, -0.15) is 0 Å². The largest absolute Gasteiger partial charge is 0.490 e. The smallest absolute Gasteiger partial charge is 0.251 e. The molecule has 20 heavy (non-hydrogen) atoms. The van der Waals surface area contributed by atoms with Gasteiger partial charge in [-0.25, -0.2) is 0 Å². The van der Waals surface area contributed by atoms with Crippen LogP contribution in [0.25, 0.3) is 0 Å². The van der Waals surface area contributed by atoms with Crippen molar-refractivity contribution < 1.29 is 14.6 Å². The summed E-state index contributed by atoms with van der Waals surface area (Å²) in [4.78, 5) is 12.0. The van der Waals surface area contributed by atoms with Crippen molar-refractivity contribution in [1.29, 1.82) is 0 Å². The van der Waals surface area contributed by atoms with Crippen LogP contribution in [-0.4, -0.2) is 30.3 Å². The Bertz CT molecular complexity index is 455. The molecule has 1 aliphatic rings. The molecule has 0 spiro atoms. The zero-order valence-corrected chi connectivity index (χ0v) is 11.5. The van der Waals surface area contributed by atoms with Gasteiger partial charge in [-0.3, -0.25) is 4.79 Å². The highest BCUT2D eigenvalue weighted by Crippen LogP contribution is 2.24. The zero-order valence-electron chi connectivity index (χ0n) is 11.5. The molecule has 0 aromatic heterocycles. The second-order valence-corrected chi connectivity index (χ2v) is 5.17. The van der Waals surface area contributed by atoms with Crippen LogP contribution in [0, 0.1) is 5.92 Å². The van der Waals surface area contributed by atoms with Crippen molar-refractivity contribution in [1.82, 2.24) is 5.32 Å². The molecule has 1 amide bonds. The quantitative estimate of drug-likeness (QED) is 0.782. The highest BCUT2D eigenvalue weighted by molar-refractivity contribution is 5.94. The van der Waals surface area contributed by atoms with E-state index in [-0.39, 0.29) is 12.0 Å². The van der Waals surface area contributed by atoms with Gasteiger partial charge in [0.1, 0.15) is 12.4 Å². The molecule has 1 saturated carbocycles. The number of ether oxygens (including phenoxy) is 1. The van der Waals surface area contributed by atoms with Gasteiger partial charge in [0, 0.05) is 12.1 Å². The summed E-state index contributed by atoms with van der Waals surface area (Å²) in [5.41, 5.74) is 0.620. The van der Waals surface area contributed by atoms with Crippen LogP contribution in [0.3, 0.4) is 0 Å².